The number of nitrogens with one attached hydrogen (secondary N) is 1. The first-order valence-electron chi connectivity index (χ1n) is 6.35. The zero-order valence-electron chi connectivity index (χ0n) is 12.0. The number of aromatic nitrogens is 1. The molecule has 1 N–H and O–H groups in total. The van der Waals surface area contributed by atoms with Crippen LogP contribution in [0.5, 0.6) is 0 Å². The Morgan fingerprint density at radius 1 is 1.50 bits per heavy atom. The summed E-state index contributed by atoms with van der Waals surface area (Å²) in [5, 5.41) is 0.871. The summed E-state index contributed by atoms with van der Waals surface area (Å²) < 4.78 is 15.1. The van der Waals surface area contributed by atoms with Crippen molar-refractivity contribution < 1.29 is 4.55 Å². The fourth-order valence-electron chi connectivity index (χ4n) is 1.54. The summed E-state index contributed by atoms with van der Waals surface area (Å²) >= 11 is 10.8. The first kappa shape index (κ1) is 17.8. The Balaban J connectivity index is 2.96. The van der Waals surface area contributed by atoms with E-state index in [1.165, 1.54) is 0 Å². The van der Waals surface area contributed by atoms with Crippen LogP contribution >= 0.6 is 23.2 Å². The zero-order valence-corrected chi connectivity index (χ0v) is 14.3. The molecule has 1 rings (SSSR count). The molecule has 1 aromatic rings. The first-order chi connectivity index (χ1) is 9.25. The van der Waals surface area contributed by atoms with Gasteiger partial charge < -0.3 is 4.55 Å². The summed E-state index contributed by atoms with van der Waals surface area (Å²) in [6.45, 7) is 9.47. The summed E-state index contributed by atoms with van der Waals surface area (Å²) in [6, 6.07) is 1.45. The Morgan fingerprint density at radius 2 is 2.15 bits per heavy atom. The van der Waals surface area contributed by atoms with Gasteiger partial charge in [0.2, 0.25) is 0 Å². The van der Waals surface area contributed by atoms with Gasteiger partial charge in [-0.2, -0.15) is 0 Å². The molecule has 20 heavy (non-hydrogen) atoms. The standard InChI is InChI=1S/C14H20Cl2N2OS/c1-5-6-7-12(18-20(19)14(2,3)4)10-9-17-13(16)8-11(10)15/h5,8-9,12,18H,1,6-7H2,2-4H3/t12-,20?/m1/s1. The Hall–Kier alpha value is -0.260. The number of nitrogens with zero attached hydrogens (tertiary/aromatic N) is 1. The number of hydrogen-bond donors (Lipinski definition) is 1. The van der Waals surface area contributed by atoms with E-state index in [2.05, 4.69) is 16.3 Å². The Bertz CT molecular complexity index is 463. The Kier molecular flexibility index (Phi) is 6.82. The molecule has 0 fully saturated rings. The van der Waals surface area contributed by atoms with Crippen LogP contribution in [0.25, 0.3) is 0 Å². The second-order valence-corrected chi connectivity index (χ2v) is 8.24. The lowest BCUT2D eigenvalue weighted by Crippen LogP contribution is -2.41. The molecule has 1 aromatic heterocycles. The summed E-state index contributed by atoms with van der Waals surface area (Å²) in [5.41, 5.74) is 0.801. The van der Waals surface area contributed by atoms with E-state index >= 15 is 0 Å². The maximum Gasteiger partial charge on any atom is 0.136 e. The molecule has 0 bridgehead atoms. The average molecular weight is 335 g/mol. The van der Waals surface area contributed by atoms with Gasteiger partial charge in [-0.3, -0.25) is 0 Å². The summed E-state index contributed by atoms with van der Waals surface area (Å²) in [4.78, 5) is 4.05. The molecule has 0 amide bonds. The SMILES string of the molecule is C=CCC[C@@H](N[S+]([O-])C(C)(C)C)c1cnc(Cl)cc1Cl. The van der Waals surface area contributed by atoms with Crippen LogP contribution in [0.15, 0.2) is 24.9 Å². The van der Waals surface area contributed by atoms with Crippen molar-refractivity contribution in [1.29, 1.82) is 0 Å². The minimum atomic E-state index is -1.19. The minimum absolute atomic E-state index is 0.148. The van der Waals surface area contributed by atoms with E-state index in [-0.39, 0.29) is 10.8 Å². The monoisotopic (exact) mass is 334 g/mol. The number of halogens is 2. The van der Waals surface area contributed by atoms with Gasteiger partial charge in [-0.25, -0.2) is 4.98 Å². The largest absolute Gasteiger partial charge is 0.598 e. The molecule has 0 aliphatic carbocycles. The number of pyridine rings is 1. The van der Waals surface area contributed by atoms with E-state index in [1.807, 2.05) is 26.8 Å². The highest BCUT2D eigenvalue weighted by Gasteiger charge is 2.30. The second-order valence-electron chi connectivity index (χ2n) is 5.45. The quantitative estimate of drug-likeness (QED) is 0.475. The van der Waals surface area contributed by atoms with Crippen LogP contribution in [-0.4, -0.2) is 14.3 Å². The molecule has 0 aromatic carbocycles. The molecule has 0 aliphatic heterocycles. The lowest BCUT2D eigenvalue weighted by molar-refractivity contribution is 0.513. The lowest BCUT2D eigenvalue weighted by Gasteiger charge is -2.28. The predicted molar refractivity (Wildman–Crippen MR) is 87.5 cm³/mol. The summed E-state index contributed by atoms with van der Waals surface area (Å²) in [7, 11) is 0. The van der Waals surface area contributed by atoms with Gasteiger partial charge in [-0.1, -0.05) is 29.3 Å². The van der Waals surface area contributed by atoms with E-state index in [0.29, 0.717) is 10.2 Å². The molecule has 3 nitrogen and oxygen atoms in total. The highest BCUT2D eigenvalue weighted by atomic mass is 35.5. The molecule has 0 spiro atoms. The van der Waals surface area contributed by atoms with Crippen LogP contribution in [-0.2, 0) is 11.4 Å². The number of hydrogen-bond acceptors (Lipinski definition) is 3. The van der Waals surface area contributed by atoms with Gasteiger partial charge in [-0.15, -0.1) is 11.3 Å². The van der Waals surface area contributed by atoms with Crippen molar-refractivity contribution in [3.8, 4) is 0 Å². The van der Waals surface area contributed by atoms with Crippen molar-refractivity contribution in [1.82, 2.24) is 9.71 Å². The van der Waals surface area contributed by atoms with Crippen LogP contribution in [0.1, 0.15) is 45.2 Å². The fraction of sp³-hybridized carbons (Fsp3) is 0.500. The second kappa shape index (κ2) is 7.66. The molecule has 0 aliphatic rings. The normalized spacial score (nSPS) is 14.9. The highest BCUT2D eigenvalue weighted by molar-refractivity contribution is 7.90. The van der Waals surface area contributed by atoms with Gasteiger partial charge >= 0.3 is 0 Å². The van der Waals surface area contributed by atoms with E-state index in [9.17, 15) is 4.55 Å². The maximum absolute atomic E-state index is 12.3. The minimum Gasteiger partial charge on any atom is -0.598 e. The van der Waals surface area contributed by atoms with Crippen LogP contribution in [0.3, 0.4) is 0 Å². The predicted octanol–water partition coefficient (Wildman–Crippen LogP) is 4.45. The van der Waals surface area contributed by atoms with Crippen LogP contribution in [0.4, 0.5) is 0 Å². The van der Waals surface area contributed by atoms with Gasteiger partial charge in [0, 0.05) is 23.1 Å². The maximum atomic E-state index is 12.3. The third kappa shape index (κ3) is 5.26. The van der Waals surface area contributed by atoms with Crippen molar-refractivity contribution >= 4 is 34.6 Å². The van der Waals surface area contributed by atoms with E-state index in [1.54, 1.807) is 12.3 Å². The van der Waals surface area contributed by atoms with E-state index in [0.717, 1.165) is 18.4 Å². The Morgan fingerprint density at radius 3 is 2.65 bits per heavy atom. The highest BCUT2D eigenvalue weighted by Crippen LogP contribution is 2.29. The topological polar surface area (TPSA) is 48.0 Å². The molecular formula is C14H20Cl2N2OS. The molecule has 1 unspecified atom stereocenters. The Labute approximate surface area is 134 Å². The van der Waals surface area contributed by atoms with Crippen molar-refractivity contribution in [3.63, 3.8) is 0 Å². The van der Waals surface area contributed by atoms with Crippen molar-refractivity contribution in [2.45, 2.75) is 44.4 Å². The third-order valence-corrected chi connectivity index (χ3v) is 4.83. The first-order valence-corrected chi connectivity index (χ1v) is 8.26. The van der Waals surface area contributed by atoms with E-state index < -0.39 is 11.4 Å². The van der Waals surface area contributed by atoms with Gasteiger partial charge in [0.05, 0.1) is 11.1 Å². The molecule has 0 radical (unpaired) electrons. The average Bonchev–Trinajstić information content (AvgIpc) is 2.33. The lowest BCUT2D eigenvalue weighted by atomic mass is 10.1. The van der Waals surface area contributed by atoms with Crippen LogP contribution in [0, 0.1) is 0 Å². The third-order valence-electron chi connectivity index (χ3n) is 2.69. The van der Waals surface area contributed by atoms with Crippen molar-refractivity contribution in [2.24, 2.45) is 0 Å². The fourth-order valence-corrected chi connectivity index (χ4v) is 2.90. The van der Waals surface area contributed by atoms with Gasteiger partial charge in [-0.05, 0) is 39.7 Å². The van der Waals surface area contributed by atoms with Gasteiger partial charge in [0.1, 0.15) is 9.90 Å². The molecule has 6 heteroatoms. The van der Waals surface area contributed by atoms with Gasteiger partial charge in [0.25, 0.3) is 0 Å². The smallest absolute Gasteiger partial charge is 0.136 e. The molecule has 112 valence electrons. The molecule has 1 heterocycles. The number of allylic oxidation sites excluding steroid dienone is 1. The summed E-state index contributed by atoms with van der Waals surface area (Å²) in [5.74, 6) is 0. The van der Waals surface area contributed by atoms with Crippen molar-refractivity contribution in [2.75, 3.05) is 0 Å². The number of rotatable bonds is 6. The summed E-state index contributed by atoms with van der Waals surface area (Å²) in [6.07, 6.45) is 4.99. The van der Waals surface area contributed by atoms with E-state index in [4.69, 9.17) is 23.2 Å². The zero-order chi connectivity index (χ0) is 15.3. The molecule has 2 atom stereocenters. The van der Waals surface area contributed by atoms with Gasteiger partial charge in [0.15, 0.2) is 0 Å². The van der Waals surface area contributed by atoms with Crippen molar-refractivity contribution in [3.05, 3.63) is 40.7 Å². The van der Waals surface area contributed by atoms with Crippen LogP contribution in [0.2, 0.25) is 10.2 Å². The molecular weight excluding hydrogens is 315 g/mol. The van der Waals surface area contributed by atoms with Crippen LogP contribution < -0.4 is 4.72 Å². The molecule has 0 saturated carbocycles. The molecule has 0 saturated heterocycles.